The van der Waals surface area contributed by atoms with Gasteiger partial charge in [-0.05, 0) is 26.3 Å². The molecule has 0 fully saturated rings. The highest BCUT2D eigenvalue weighted by Gasteiger charge is 2.04. The van der Waals surface area contributed by atoms with Crippen molar-refractivity contribution in [1.29, 1.82) is 0 Å². The van der Waals surface area contributed by atoms with Crippen LogP contribution in [0, 0.1) is 0 Å². The van der Waals surface area contributed by atoms with E-state index in [1.807, 2.05) is 13.1 Å². The van der Waals surface area contributed by atoms with Crippen LogP contribution < -0.4 is 5.73 Å². The molecule has 14 heavy (non-hydrogen) atoms. The van der Waals surface area contributed by atoms with Crippen molar-refractivity contribution in [2.75, 3.05) is 13.7 Å². The molecule has 0 amide bonds. The predicted molar refractivity (Wildman–Crippen MR) is 53.9 cm³/mol. The number of rotatable bonds is 6. The number of nitrogens with zero attached hydrogens (tertiary/aromatic N) is 3. The van der Waals surface area contributed by atoms with Gasteiger partial charge in [0, 0.05) is 13.3 Å². The summed E-state index contributed by atoms with van der Waals surface area (Å²) in [6.07, 6.45) is 3.97. The molecule has 0 aliphatic rings. The minimum Gasteiger partial charge on any atom is -0.380 e. The van der Waals surface area contributed by atoms with Crippen LogP contribution in [0.1, 0.15) is 19.0 Å². The number of ether oxygens (including phenoxy) is 1. The molecular formula is C9H18N4O. The number of nitrogens with two attached hydrogens (primary N) is 1. The summed E-state index contributed by atoms with van der Waals surface area (Å²) in [5.41, 5.74) is 6.41. The molecule has 0 aliphatic carbocycles. The van der Waals surface area contributed by atoms with Crippen molar-refractivity contribution in [3.05, 3.63) is 11.9 Å². The van der Waals surface area contributed by atoms with Crippen LogP contribution in [0.15, 0.2) is 6.20 Å². The van der Waals surface area contributed by atoms with Crippen LogP contribution in [0.2, 0.25) is 0 Å². The van der Waals surface area contributed by atoms with Crippen LogP contribution in [0.3, 0.4) is 0 Å². The van der Waals surface area contributed by atoms with E-state index in [-0.39, 0.29) is 6.10 Å². The van der Waals surface area contributed by atoms with E-state index in [0.29, 0.717) is 6.54 Å². The molecule has 1 aromatic heterocycles. The van der Waals surface area contributed by atoms with E-state index in [1.165, 1.54) is 0 Å². The number of hydrogen-bond acceptors (Lipinski definition) is 4. The number of aryl methyl sites for hydroxylation is 1. The van der Waals surface area contributed by atoms with Gasteiger partial charge >= 0.3 is 0 Å². The van der Waals surface area contributed by atoms with Crippen LogP contribution in [-0.2, 0) is 17.7 Å². The smallest absolute Gasteiger partial charge is 0.0827 e. The van der Waals surface area contributed by atoms with Crippen molar-refractivity contribution in [2.24, 2.45) is 5.73 Å². The second-order valence-electron chi connectivity index (χ2n) is 3.37. The molecule has 5 heteroatoms. The Labute approximate surface area is 84.2 Å². The molecule has 0 bridgehead atoms. The van der Waals surface area contributed by atoms with Crippen LogP contribution in [0.4, 0.5) is 0 Å². The molecular weight excluding hydrogens is 180 g/mol. The summed E-state index contributed by atoms with van der Waals surface area (Å²) in [6.45, 7) is 3.44. The van der Waals surface area contributed by atoms with Crippen molar-refractivity contribution in [2.45, 2.75) is 32.4 Å². The summed E-state index contributed by atoms with van der Waals surface area (Å²) in [7, 11) is 1.69. The van der Waals surface area contributed by atoms with E-state index < -0.39 is 0 Å². The Morgan fingerprint density at radius 3 is 3.07 bits per heavy atom. The molecule has 1 rings (SSSR count). The Balaban J connectivity index is 2.42. The summed E-state index contributed by atoms with van der Waals surface area (Å²) in [6, 6.07) is 0. The van der Waals surface area contributed by atoms with Crippen molar-refractivity contribution in [1.82, 2.24) is 15.0 Å². The highest BCUT2D eigenvalue weighted by molar-refractivity contribution is 4.92. The van der Waals surface area contributed by atoms with Crippen molar-refractivity contribution >= 4 is 0 Å². The summed E-state index contributed by atoms with van der Waals surface area (Å²) >= 11 is 0. The molecule has 2 N–H and O–H groups in total. The van der Waals surface area contributed by atoms with E-state index in [1.54, 1.807) is 11.8 Å². The van der Waals surface area contributed by atoms with Gasteiger partial charge in [0.25, 0.3) is 0 Å². The minimum absolute atomic E-state index is 0.166. The van der Waals surface area contributed by atoms with Crippen LogP contribution in [-0.4, -0.2) is 34.8 Å². The first-order valence-electron chi connectivity index (χ1n) is 4.88. The zero-order chi connectivity index (χ0) is 10.4. The number of methoxy groups -OCH3 is 1. The Kier molecular flexibility index (Phi) is 4.55. The first-order chi connectivity index (χ1) is 6.76. The van der Waals surface area contributed by atoms with E-state index in [0.717, 1.165) is 25.1 Å². The summed E-state index contributed by atoms with van der Waals surface area (Å²) in [5.74, 6) is 0. The molecule has 1 heterocycles. The molecule has 0 aromatic carbocycles. The van der Waals surface area contributed by atoms with Crippen molar-refractivity contribution < 1.29 is 4.74 Å². The van der Waals surface area contributed by atoms with Gasteiger partial charge in [-0.3, -0.25) is 0 Å². The summed E-state index contributed by atoms with van der Waals surface area (Å²) in [5, 5.41) is 8.05. The lowest BCUT2D eigenvalue weighted by molar-refractivity contribution is 0.0993. The molecule has 0 saturated carbocycles. The third kappa shape index (κ3) is 3.43. The highest BCUT2D eigenvalue weighted by atomic mass is 16.5. The Morgan fingerprint density at radius 2 is 2.43 bits per heavy atom. The summed E-state index contributed by atoms with van der Waals surface area (Å²) < 4.78 is 6.94. The molecule has 1 unspecified atom stereocenters. The van der Waals surface area contributed by atoms with E-state index in [9.17, 15) is 0 Å². The van der Waals surface area contributed by atoms with Crippen LogP contribution >= 0.6 is 0 Å². The number of hydrogen-bond donors (Lipinski definition) is 1. The minimum atomic E-state index is 0.166. The number of aromatic nitrogens is 3. The molecule has 1 atom stereocenters. The van der Waals surface area contributed by atoms with Crippen LogP contribution in [0.25, 0.3) is 0 Å². The van der Waals surface area contributed by atoms with Crippen molar-refractivity contribution in [3.63, 3.8) is 0 Å². The fourth-order valence-electron chi connectivity index (χ4n) is 1.16. The SMILES string of the molecule is COC(C)Cn1cc(CCCN)nn1. The van der Waals surface area contributed by atoms with Gasteiger partial charge in [0.15, 0.2) is 0 Å². The first-order valence-corrected chi connectivity index (χ1v) is 4.88. The standard InChI is InChI=1S/C9H18N4O/c1-8(14-2)6-13-7-9(11-12-13)4-3-5-10/h7-8H,3-6,10H2,1-2H3. The van der Waals surface area contributed by atoms with E-state index >= 15 is 0 Å². The molecule has 0 saturated heterocycles. The highest BCUT2D eigenvalue weighted by Crippen LogP contribution is 1.99. The lowest BCUT2D eigenvalue weighted by Gasteiger charge is -2.07. The van der Waals surface area contributed by atoms with Crippen LogP contribution in [0.5, 0.6) is 0 Å². The Hall–Kier alpha value is -0.940. The first kappa shape index (κ1) is 11.1. The van der Waals surface area contributed by atoms with Gasteiger partial charge in [0.2, 0.25) is 0 Å². The average molecular weight is 198 g/mol. The fraction of sp³-hybridized carbons (Fsp3) is 0.778. The molecule has 0 spiro atoms. The normalized spacial score (nSPS) is 13.1. The lowest BCUT2D eigenvalue weighted by Crippen LogP contribution is -2.15. The Morgan fingerprint density at radius 1 is 1.64 bits per heavy atom. The second kappa shape index (κ2) is 5.72. The van der Waals surface area contributed by atoms with E-state index in [4.69, 9.17) is 10.5 Å². The van der Waals surface area contributed by atoms with Gasteiger partial charge < -0.3 is 10.5 Å². The third-order valence-electron chi connectivity index (χ3n) is 2.07. The second-order valence-corrected chi connectivity index (χ2v) is 3.37. The van der Waals surface area contributed by atoms with Gasteiger partial charge in [0.1, 0.15) is 0 Å². The van der Waals surface area contributed by atoms with Gasteiger partial charge in [-0.2, -0.15) is 0 Å². The molecule has 0 radical (unpaired) electrons. The maximum atomic E-state index is 5.41. The molecule has 1 aromatic rings. The Bertz CT molecular complexity index is 261. The zero-order valence-electron chi connectivity index (χ0n) is 8.81. The molecule has 0 aliphatic heterocycles. The van der Waals surface area contributed by atoms with Gasteiger partial charge in [-0.25, -0.2) is 4.68 Å². The summed E-state index contributed by atoms with van der Waals surface area (Å²) in [4.78, 5) is 0. The third-order valence-corrected chi connectivity index (χ3v) is 2.07. The maximum Gasteiger partial charge on any atom is 0.0827 e. The topological polar surface area (TPSA) is 66.0 Å². The van der Waals surface area contributed by atoms with E-state index in [2.05, 4.69) is 10.3 Å². The largest absolute Gasteiger partial charge is 0.380 e. The molecule has 5 nitrogen and oxygen atoms in total. The van der Waals surface area contributed by atoms with Gasteiger partial charge in [0.05, 0.1) is 18.3 Å². The molecule has 80 valence electrons. The quantitative estimate of drug-likeness (QED) is 0.709. The van der Waals surface area contributed by atoms with Crippen molar-refractivity contribution in [3.8, 4) is 0 Å². The fourth-order valence-corrected chi connectivity index (χ4v) is 1.16. The van der Waals surface area contributed by atoms with Gasteiger partial charge in [-0.1, -0.05) is 5.21 Å². The zero-order valence-corrected chi connectivity index (χ0v) is 8.81. The monoisotopic (exact) mass is 198 g/mol. The lowest BCUT2D eigenvalue weighted by atomic mass is 10.2. The maximum absolute atomic E-state index is 5.41. The predicted octanol–water partition coefficient (Wildman–Crippen LogP) is 0.204. The van der Waals surface area contributed by atoms with Gasteiger partial charge in [-0.15, -0.1) is 5.10 Å². The average Bonchev–Trinajstić information content (AvgIpc) is 2.62.